The van der Waals surface area contributed by atoms with Gasteiger partial charge in [-0.2, -0.15) is 9.57 Å². The summed E-state index contributed by atoms with van der Waals surface area (Å²) in [5, 5.41) is 7.83. The normalized spacial score (nSPS) is 19.7. The third kappa shape index (κ3) is 2.96. The van der Waals surface area contributed by atoms with Crippen molar-refractivity contribution in [3.05, 3.63) is 0 Å². The first-order chi connectivity index (χ1) is 7.93. The van der Waals surface area contributed by atoms with Gasteiger partial charge in [-0.15, -0.1) is 0 Å². The van der Waals surface area contributed by atoms with E-state index in [1.165, 1.54) is 11.2 Å². The van der Waals surface area contributed by atoms with Gasteiger partial charge in [-0.05, 0) is 6.42 Å². The highest BCUT2D eigenvalue weighted by molar-refractivity contribution is 7.90. The van der Waals surface area contributed by atoms with Gasteiger partial charge in [0.15, 0.2) is 5.25 Å². The molecule has 1 heterocycles. The number of sulfonamides is 1. The van der Waals surface area contributed by atoms with Gasteiger partial charge >= 0.3 is 0 Å². The molecule has 0 bridgehead atoms. The van der Waals surface area contributed by atoms with Crippen LogP contribution in [0.4, 0.5) is 0 Å². The standard InChI is InChI=1S/C10H17N3O3S/c1-3-10(8-11)17(15,16)13-6-4-12(5-7-13)9(2)14/h10H,3-7H2,1-2H3. The smallest absolute Gasteiger partial charge is 0.230 e. The Morgan fingerprint density at radius 1 is 1.35 bits per heavy atom. The first kappa shape index (κ1) is 13.9. The van der Waals surface area contributed by atoms with Crippen LogP contribution in [0.2, 0.25) is 0 Å². The second-order valence-electron chi connectivity index (χ2n) is 3.98. The summed E-state index contributed by atoms with van der Waals surface area (Å²) in [4.78, 5) is 12.7. The second kappa shape index (κ2) is 5.47. The van der Waals surface area contributed by atoms with Crippen LogP contribution in [-0.4, -0.2) is 55.0 Å². The molecular formula is C10H17N3O3S. The van der Waals surface area contributed by atoms with E-state index >= 15 is 0 Å². The molecule has 0 spiro atoms. The zero-order chi connectivity index (χ0) is 13.1. The summed E-state index contributed by atoms with van der Waals surface area (Å²) in [6, 6.07) is 1.81. The van der Waals surface area contributed by atoms with Crippen LogP contribution in [0.3, 0.4) is 0 Å². The molecule has 1 atom stereocenters. The molecule has 0 N–H and O–H groups in total. The van der Waals surface area contributed by atoms with Crippen molar-refractivity contribution in [2.45, 2.75) is 25.5 Å². The number of carbonyl (C=O) groups excluding carboxylic acids is 1. The fourth-order valence-corrected chi connectivity index (χ4v) is 3.39. The second-order valence-corrected chi connectivity index (χ2v) is 6.09. The van der Waals surface area contributed by atoms with Gasteiger partial charge in [0, 0.05) is 33.1 Å². The van der Waals surface area contributed by atoms with E-state index in [0.29, 0.717) is 13.1 Å². The summed E-state index contributed by atoms with van der Waals surface area (Å²) in [5.41, 5.74) is 0. The molecule has 0 aromatic rings. The quantitative estimate of drug-likeness (QED) is 0.702. The maximum absolute atomic E-state index is 12.0. The van der Waals surface area contributed by atoms with Crippen molar-refractivity contribution in [1.82, 2.24) is 9.21 Å². The van der Waals surface area contributed by atoms with Crippen molar-refractivity contribution in [3.63, 3.8) is 0 Å². The first-order valence-corrected chi connectivity index (χ1v) is 7.08. The Kier molecular flexibility index (Phi) is 4.48. The molecule has 7 heteroatoms. The maximum Gasteiger partial charge on any atom is 0.230 e. The molecule has 1 fully saturated rings. The van der Waals surface area contributed by atoms with Gasteiger partial charge in [0.05, 0.1) is 6.07 Å². The molecule has 0 aliphatic carbocycles. The fraction of sp³-hybridized carbons (Fsp3) is 0.800. The van der Waals surface area contributed by atoms with Crippen molar-refractivity contribution in [2.24, 2.45) is 0 Å². The lowest BCUT2D eigenvalue weighted by atomic mass is 10.3. The van der Waals surface area contributed by atoms with Crippen LogP contribution < -0.4 is 0 Å². The van der Waals surface area contributed by atoms with Gasteiger partial charge in [0.2, 0.25) is 15.9 Å². The molecule has 1 rings (SSSR count). The Labute approximate surface area is 102 Å². The monoisotopic (exact) mass is 259 g/mol. The summed E-state index contributed by atoms with van der Waals surface area (Å²) in [6.45, 7) is 4.50. The minimum absolute atomic E-state index is 0.0469. The molecule has 1 aliphatic rings. The van der Waals surface area contributed by atoms with Gasteiger partial charge in [-0.25, -0.2) is 8.42 Å². The SMILES string of the molecule is CCC(C#N)S(=O)(=O)N1CCN(C(C)=O)CC1. The third-order valence-electron chi connectivity index (χ3n) is 2.92. The Morgan fingerprint density at radius 3 is 2.24 bits per heavy atom. The molecule has 17 heavy (non-hydrogen) atoms. The van der Waals surface area contributed by atoms with Crippen LogP contribution >= 0.6 is 0 Å². The molecular weight excluding hydrogens is 242 g/mol. The molecule has 6 nitrogen and oxygen atoms in total. The Morgan fingerprint density at radius 2 is 1.88 bits per heavy atom. The highest BCUT2D eigenvalue weighted by Gasteiger charge is 2.33. The zero-order valence-corrected chi connectivity index (χ0v) is 10.9. The average molecular weight is 259 g/mol. The molecule has 1 unspecified atom stereocenters. The van der Waals surface area contributed by atoms with Crippen LogP contribution in [0.1, 0.15) is 20.3 Å². The lowest BCUT2D eigenvalue weighted by Gasteiger charge is -2.34. The predicted octanol–water partition coefficient (Wildman–Crippen LogP) is -0.218. The number of piperazine rings is 1. The van der Waals surface area contributed by atoms with E-state index in [1.54, 1.807) is 11.8 Å². The summed E-state index contributed by atoms with van der Waals surface area (Å²) in [6.07, 6.45) is 0.283. The number of carbonyl (C=O) groups is 1. The lowest BCUT2D eigenvalue weighted by Crippen LogP contribution is -2.51. The van der Waals surface area contributed by atoms with Crippen molar-refractivity contribution < 1.29 is 13.2 Å². The number of rotatable bonds is 3. The minimum Gasteiger partial charge on any atom is -0.340 e. The molecule has 96 valence electrons. The van der Waals surface area contributed by atoms with Gasteiger partial charge in [-0.3, -0.25) is 4.79 Å². The van der Waals surface area contributed by atoms with Crippen molar-refractivity contribution in [3.8, 4) is 6.07 Å². The zero-order valence-electron chi connectivity index (χ0n) is 10.1. The number of hydrogen-bond acceptors (Lipinski definition) is 4. The Bertz CT molecular complexity index is 419. The van der Waals surface area contributed by atoms with E-state index in [9.17, 15) is 13.2 Å². The van der Waals surface area contributed by atoms with E-state index in [2.05, 4.69) is 0 Å². The molecule has 1 aliphatic heterocycles. The summed E-state index contributed by atoms with van der Waals surface area (Å²) >= 11 is 0. The number of nitrogens with zero attached hydrogens (tertiary/aromatic N) is 3. The van der Waals surface area contributed by atoms with Gasteiger partial charge in [0.1, 0.15) is 0 Å². The molecule has 0 saturated carbocycles. The van der Waals surface area contributed by atoms with Gasteiger partial charge < -0.3 is 4.90 Å². The lowest BCUT2D eigenvalue weighted by molar-refractivity contribution is -0.129. The molecule has 1 saturated heterocycles. The van der Waals surface area contributed by atoms with Crippen molar-refractivity contribution in [2.75, 3.05) is 26.2 Å². The minimum atomic E-state index is -3.54. The van der Waals surface area contributed by atoms with E-state index in [0.717, 1.165) is 0 Å². The number of amides is 1. The number of hydrogen-bond donors (Lipinski definition) is 0. The van der Waals surface area contributed by atoms with Crippen LogP contribution in [0, 0.1) is 11.3 Å². The molecule has 0 aromatic carbocycles. The van der Waals surface area contributed by atoms with Gasteiger partial charge in [-0.1, -0.05) is 6.92 Å². The largest absolute Gasteiger partial charge is 0.340 e. The van der Waals surface area contributed by atoms with Crippen LogP contribution in [0.5, 0.6) is 0 Å². The Balaban J connectivity index is 2.72. The van der Waals surface area contributed by atoms with Crippen LogP contribution in [0.15, 0.2) is 0 Å². The first-order valence-electron chi connectivity index (χ1n) is 5.57. The number of nitriles is 1. The summed E-state index contributed by atoms with van der Waals surface area (Å²) in [7, 11) is -3.54. The highest BCUT2D eigenvalue weighted by Crippen LogP contribution is 2.14. The molecule has 0 radical (unpaired) electrons. The highest BCUT2D eigenvalue weighted by atomic mass is 32.2. The summed E-state index contributed by atoms with van der Waals surface area (Å²) < 4.78 is 25.4. The maximum atomic E-state index is 12.0. The predicted molar refractivity (Wildman–Crippen MR) is 62.4 cm³/mol. The van der Waals surface area contributed by atoms with Crippen molar-refractivity contribution in [1.29, 1.82) is 5.26 Å². The van der Waals surface area contributed by atoms with E-state index < -0.39 is 15.3 Å². The van der Waals surface area contributed by atoms with E-state index in [1.807, 2.05) is 6.07 Å². The van der Waals surface area contributed by atoms with E-state index in [4.69, 9.17) is 5.26 Å². The third-order valence-corrected chi connectivity index (χ3v) is 5.16. The van der Waals surface area contributed by atoms with Crippen LogP contribution in [-0.2, 0) is 14.8 Å². The van der Waals surface area contributed by atoms with E-state index in [-0.39, 0.29) is 25.4 Å². The average Bonchev–Trinajstić information content (AvgIpc) is 2.30. The van der Waals surface area contributed by atoms with Gasteiger partial charge in [0.25, 0.3) is 0 Å². The fourth-order valence-electron chi connectivity index (χ4n) is 1.81. The Hall–Kier alpha value is -1.13. The van der Waals surface area contributed by atoms with Crippen molar-refractivity contribution >= 4 is 15.9 Å². The summed E-state index contributed by atoms with van der Waals surface area (Å²) in [5.74, 6) is -0.0469. The van der Waals surface area contributed by atoms with Crippen LogP contribution in [0.25, 0.3) is 0 Å². The molecule has 1 amide bonds. The molecule has 0 aromatic heterocycles. The topological polar surface area (TPSA) is 81.5 Å².